The summed E-state index contributed by atoms with van der Waals surface area (Å²) >= 11 is 0. The maximum atomic E-state index is 5.26. The molecule has 0 aliphatic rings. The molecule has 0 unspecified atom stereocenters. The molecule has 1 aromatic heterocycles. The molecule has 3 rings (SSSR count). The normalized spacial score (nSPS) is 10.7. The number of rotatable bonds is 6. The summed E-state index contributed by atoms with van der Waals surface area (Å²) in [6, 6.07) is 18.0. The smallest absolute Gasteiger partial charge is 0.229 e. The zero-order chi connectivity index (χ0) is 18.5. The molecule has 3 aromatic rings. The van der Waals surface area contributed by atoms with Crippen LogP contribution in [0.2, 0.25) is 0 Å². The van der Waals surface area contributed by atoms with Gasteiger partial charge in [0.15, 0.2) is 0 Å². The first-order valence-corrected chi connectivity index (χ1v) is 8.67. The highest BCUT2D eigenvalue weighted by Gasteiger charge is 2.05. The van der Waals surface area contributed by atoms with Crippen LogP contribution in [0.4, 0.5) is 23.1 Å². The fourth-order valence-electron chi connectivity index (χ4n) is 2.62. The molecule has 0 aliphatic heterocycles. The first-order valence-electron chi connectivity index (χ1n) is 8.67. The summed E-state index contributed by atoms with van der Waals surface area (Å²) in [5, 5.41) is 6.57. The number of benzene rings is 2. The minimum Gasteiger partial charge on any atom is -0.497 e. The zero-order valence-electron chi connectivity index (χ0n) is 15.6. The van der Waals surface area contributed by atoms with E-state index in [1.807, 2.05) is 37.3 Å². The van der Waals surface area contributed by atoms with Gasteiger partial charge < -0.3 is 15.4 Å². The lowest BCUT2D eigenvalue weighted by molar-refractivity contribution is 0.415. The molecular weight excluding hydrogens is 324 g/mol. The van der Waals surface area contributed by atoms with Crippen molar-refractivity contribution in [3.8, 4) is 5.75 Å². The number of nitrogens with one attached hydrogen (secondary N) is 2. The van der Waals surface area contributed by atoms with Gasteiger partial charge in [0.2, 0.25) is 5.95 Å². The molecule has 0 aliphatic carbocycles. The summed E-state index contributed by atoms with van der Waals surface area (Å²) in [7, 11) is 1.65. The van der Waals surface area contributed by atoms with Gasteiger partial charge in [-0.25, -0.2) is 4.98 Å². The molecule has 134 valence electrons. The Kier molecular flexibility index (Phi) is 5.37. The standard InChI is InChI=1S/C21H24N4O/c1-14(2)16-8-10-17(11-9-16)24-21-22-15(3)12-20(25-21)23-18-6-5-7-19(13-18)26-4/h5-14H,1-4H3,(H2,22,23,24,25). The molecule has 0 spiro atoms. The van der Waals surface area contributed by atoms with Crippen LogP contribution in [-0.4, -0.2) is 17.1 Å². The lowest BCUT2D eigenvalue weighted by Crippen LogP contribution is -2.02. The van der Waals surface area contributed by atoms with Gasteiger partial charge in [0.25, 0.3) is 0 Å². The molecule has 2 aromatic carbocycles. The number of ether oxygens (including phenoxy) is 1. The van der Waals surface area contributed by atoms with Gasteiger partial charge in [0, 0.05) is 29.2 Å². The highest BCUT2D eigenvalue weighted by molar-refractivity contribution is 5.61. The second kappa shape index (κ2) is 7.87. The maximum absolute atomic E-state index is 5.26. The Hall–Kier alpha value is -3.08. The molecule has 0 atom stereocenters. The molecule has 1 heterocycles. The van der Waals surface area contributed by atoms with E-state index < -0.39 is 0 Å². The van der Waals surface area contributed by atoms with E-state index in [1.54, 1.807) is 7.11 Å². The Morgan fingerprint density at radius 2 is 1.65 bits per heavy atom. The van der Waals surface area contributed by atoms with Gasteiger partial charge in [-0.3, -0.25) is 0 Å². The number of aryl methyl sites for hydroxylation is 1. The summed E-state index contributed by atoms with van der Waals surface area (Å²) in [5.74, 6) is 2.60. The second-order valence-electron chi connectivity index (χ2n) is 6.48. The van der Waals surface area contributed by atoms with Crippen LogP contribution in [-0.2, 0) is 0 Å². The fourth-order valence-corrected chi connectivity index (χ4v) is 2.62. The molecule has 26 heavy (non-hydrogen) atoms. The summed E-state index contributed by atoms with van der Waals surface area (Å²) in [6.45, 7) is 6.32. The van der Waals surface area contributed by atoms with Crippen LogP contribution in [0, 0.1) is 6.92 Å². The highest BCUT2D eigenvalue weighted by atomic mass is 16.5. The molecule has 0 fully saturated rings. The third-order valence-corrected chi connectivity index (χ3v) is 4.03. The first kappa shape index (κ1) is 17.7. The van der Waals surface area contributed by atoms with Crippen LogP contribution in [0.5, 0.6) is 5.75 Å². The van der Waals surface area contributed by atoms with Gasteiger partial charge in [0.05, 0.1) is 7.11 Å². The van der Waals surface area contributed by atoms with E-state index in [2.05, 4.69) is 58.7 Å². The van der Waals surface area contributed by atoms with Crippen LogP contribution >= 0.6 is 0 Å². The predicted octanol–water partition coefficient (Wildman–Crippen LogP) is 5.40. The predicted molar refractivity (Wildman–Crippen MR) is 107 cm³/mol. The van der Waals surface area contributed by atoms with Crippen molar-refractivity contribution < 1.29 is 4.74 Å². The van der Waals surface area contributed by atoms with E-state index in [0.717, 1.165) is 28.6 Å². The quantitative estimate of drug-likeness (QED) is 0.624. The van der Waals surface area contributed by atoms with Crippen molar-refractivity contribution in [3.05, 3.63) is 65.9 Å². The number of hydrogen-bond donors (Lipinski definition) is 2. The minimum atomic E-state index is 0.512. The third kappa shape index (κ3) is 4.51. The van der Waals surface area contributed by atoms with Crippen molar-refractivity contribution >= 4 is 23.1 Å². The SMILES string of the molecule is COc1cccc(Nc2cc(C)nc(Nc3ccc(C(C)C)cc3)n2)c1. The van der Waals surface area contributed by atoms with Crippen LogP contribution in [0.3, 0.4) is 0 Å². The van der Waals surface area contributed by atoms with E-state index in [9.17, 15) is 0 Å². The van der Waals surface area contributed by atoms with Gasteiger partial charge in [-0.1, -0.05) is 32.0 Å². The monoisotopic (exact) mass is 348 g/mol. The summed E-state index contributed by atoms with van der Waals surface area (Å²) < 4.78 is 5.26. The number of hydrogen-bond acceptors (Lipinski definition) is 5. The number of anilines is 4. The van der Waals surface area contributed by atoms with Crippen molar-refractivity contribution in [2.75, 3.05) is 17.7 Å². The third-order valence-electron chi connectivity index (χ3n) is 4.03. The summed E-state index contributed by atoms with van der Waals surface area (Å²) in [6.07, 6.45) is 0. The maximum Gasteiger partial charge on any atom is 0.229 e. The highest BCUT2D eigenvalue weighted by Crippen LogP contribution is 2.23. The van der Waals surface area contributed by atoms with E-state index in [-0.39, 0.29) is 0 Å². The molecular formula is C21H24N4O. The molecule has 5 heteroatoms. The van der Waals surface area contributed by atoms with E-state index in [1.165, 1.54) is 5.56 Å². The summed E-state index contributed by atoms with van der Waals surface area (Å²) in [4.78, 5) is 9.04. The number of nitrogens with zero attached hydrogens (tertiary/aromatic N) is 2. The van der Waals surface area contributed by atoms with E-state index >= 15 is 0 Å². The largest absolute Gasteiger partial charge is 0.497 e. The summed E-state index contributed by atoms with van der Waals surface area (Å²) in [5.41, 5.74) is 4.06. The van der Waals surface area contributed by atoms with Gasteiger partial charge in [-0.2, -0.15) is 4.98 Å². The lowest BCUT2D eigenvalue weighted by atomic mass is 10.0. The van der Waals surface area contributed by atoms with Crippen molar-refractivity contribution in [1.29, 1.82) is 0 Å². The van der Waals surface area contributed by atoms with Gasteiger partial charge in [-0.05, 0) is 42.7 Å². The number of aromatic nitrogens is 2. The van der Waals surface area contributed by atoms with Crippen molar-refractivity contribution in [1.82, 2.24) is 9.97 Å². The van der Waals surface area contributed by atoms with Crippen molar-refractivity contribution in [3.63, 3.8) is 0 Å². The first-order chi connectivity index (χ1) is 12.5. The Bertz CT molecular complexity index is 875. The molecule has 5 nitrogen and oxygen atoms in total. The van der Waals surface area contributed by atoms with Gasteiger partial charge in [0.1, 0.15) is 11.6 Å². The van der Waals surface area contributed by atoms with Gasteiger partial charge >= 0.3 is 0 Å². The average Bonchev–Trinajstić information content (AvgIpc) is 2.62. The Labute approximate surface area is 154 Å². The topological polar surface area (TPSA) is 59.1 Å². The molecule has 0 radical (unpaired) electrons. The van der Waals surface area contributed by atoms with Crippen molar-refractivity contribution in [2.24, 2.45) is 0 Å². The minimum absolute atomic E-state index is 0.512. The molecule has 0 saturated heterocycles. The second-order valence-corrected chi connectivity index (χ2v) is 6.48. The van der Waals surface area contributed by atoms with Gasteiger partial charge in [-0.15, -0.1) is 0 Å². The fraction of sp³-hybridized carbons (Fsp3) is 0.238. The Balaban J connectivity index is 1.78. The van der Waals surface area contributed by atoms with Crippen LogP contribution in [0.25, 0.3) is 0 Å². The van der Waals surface area contributed by atoms with Crippen LogP contribution in [0.15, 0.2) is 54.6 Å². The van der Waals surface area contributed by atoms with E-state index in [0.29, 0.717) is 11.9 Å². The lowest BCUT2D eigenvalue weighted by Gasteiger charge is -2.11. The average molecular weight is 348 g/mol. The van der Waals surface area contributed by atoms with Crippen LogP contribution < -0.4 is 15.4 Å². The molecule has 0 saturated carbocycles. The molecule has 0 amide bonds. The Morgan fingerprint density at radius 1 is 0.885 bits per heavy atom. The molecule has 2 N–H and O–H groups in total. The Morgan fingerprint density at radius 3 is 2.35 bits per heavy atom. The zero-order valence-corrected chi connectivity index (χ0v) is 15.6. The van der Waals surface area contributed by atoms with Crippen molar-refractivity contribution in [2.45, 2.75) is 26.7 Å². The number of methoxy groups -OCH3 is 1. The molecule has 0 bridgehead atoms. The van der Waals surface area contributed by atoms with Crippen LogP contribution in [0.1, 0.15) is 31.0 Å². The van der Waals surface area contributed by atoms with E-state index in [4.69, 9.17) is 4.74 Å².